The minimum atomic E-state index is -1.75. The fraction of sp³-hybridized carbons (Fsp3) is 0.320. The van der Waals surface area contributed by atoms with E-state index in [4.69, 9.17) is 23.7 Å². The van der Waals surface area contributed by atoms with Gasteiger partial charge in [-0.25, -0.2) is 9.59 Å². The van der Waals surface area contributed by atoms with Crippen molar-refractivity contribution in [3.8, 4) is 22.6 Å². The number of fused-ring (bicyclic) bond motifs is 1. The molecule has 0 spiro atoms. The zero-order valence-corrected chi connectivity index (χ0v) is 19.9. The number of carboxylic acid groups (broad SMARTS) is 1. The van der Waals surface area contributed by atoms with Gasteiger partial charge >= 0.3 is 11.9 Å². The van der Waals surface area contributed by atoms with E-state index in [-0.39, 0.29) is 33.5 Å². The second-order valence-corrected chi connectivity index (χ2v) is 8.51. The maximum absolute atomic E-state index is 13.0. The summed E-state index contributed by atoms with van der Waals surface area (Å²) in [5.41, 5.74) is 0.633. The fourth-order valence-corrected chi connectivity index (χ4v) is 3.90. The normalized spacial score (nSPS) is 24.1. The third kappa shape index (κ3) is 5.46. The lowest BCUT2D eigenvalue weighted by atomic mass is 9.99. The highest BCUT2D eigenvalue weighted by Gasteiger charge is 2.45. The summed E-state index contributed by atoms with van der Waals surface area (Å²) in [4.78, 5) is 36.0. The molecule has 1 aliphatic rings. The van der Waals surface area contributed by atoms with E-state index in [0.717, 1.165) is 0 Å². The van der Waals surface area contributed by atoms with Crippen molar-refractivity contribution in [2.45, 2.75) is 36.7 Å². The number of aliphatic hydroxyl groups is 3. The molecular weight excluding hydrogens is 506 g/mol. The number of carboxylic acids is 1. The second kappa shape index (κ2) is 11.2. The van der Waals surface area contributed by atoms with Crippen LogP contribution >= 0.6 is 0 Å². The summed E-state index contributed by atoms with van der Waals surface area (Å²) in [5, 5.41) is 51.8. The Morgan fingerprint density at radius 3 is 2.42 bits per heavy atom. The zero-order chi connectivity index (χ0) is 27.6. The van der Waals surface area contributed by atoms with Crippen LogP contribution < -0.4 is 15.5 Å². The second-order valence-electron chi connectivity index (χ2n) is 8.51. The molecule has 1 saturated heterocycles. The predicted molar refractivity (Wildman–Crippen MR) is 128 cm³/mol. The average Bonchev–Trinajstić information content (AvgIpc) is 2.89. The van der Waals surface area contributed by atoms with Crippen LogP contribution in [0.1, 0.15) is 0 Å². The predicted octanol–water partition coefficient (Wildman–Crippen LogP) is -0.432. The van der Waals surface area contributed by atoms with Crippen LogP contribution in [0.15, 0.2) is 57.9 Å². The molecule has 1 aromatic heterocycles. The monoisotopic (exact) mass is 531 g/mol. The summed E-state index contributed by atoms with van der Waals surface area (Å²) in [5.74, 6) is -2.49. The van der Waals surface area contributed by atoms with Gasteiger partial charge in [-0.15, -0.1) is 0 Å². The number of hydrogen-bond acceptors (Lipinski definition) is 12. The molecule has 1 aliphatic heterocycles. The molecule has 202 valence electrons. The van der Waals surface area contributed by atoms with Crippen LogP contribution in [0.4, 0.5) is 0 Å². The first-order valence-corrected chi connectivity index (χ1v) is 11.4. The molecule has 13 heteroatoms. The van der Waals surface area contributed by atoms with Crippen LogP contribution in [0.2, 0.25) is 0 Å². The molecule has 38 heavy (non-hydrogen) atoms. The lowest BCUT2D eigenvalue weighted by molar-refractivity contribution is -0.278. The number of ether oxygens (including phenoxy) is 3. The number of aliphatic hydroxyl groups excluding tert-OH is 3. The van der Waals surface area contributed by atoms with Crippen LogP contribution in [0.25, 0.3) is 22.1 Å². The summed E-state index contributed by atoms with van der Waals surface area (Å²) in [6, 6.07) is 8.58. The standard InChI is InChI=1S/C25H25NO12/c1-26-18(23(32)33)24(34)36-10-17-20(29)21(30)22(31)25(38-17)37-13-6-7-14-16(8-13)35-9-15(19(14)28)11-2-4-12(27)5-3-11/h2-9,17-18,20-22,25-27,29-31H,10H2,1H3,(H,32,33)/t17-,18-,20+,21-,22+,25+/m1/s1. The fourth-order valence-electron chi connectivity index (χ4n) is 3.90. The summed E-state index contributed by atoms with van der Waals surface area (Å²) in [6.45, 7) is -0.637. The first-order chi connectivity index (χ1) is 18.1. The van der Waals surface area contributed by atoms with Crippen LogP contribution in [0, 0.1) is 0 Å². The summed E-state index contributed by atoms with van der Waals surface area (Å²) in [7, 11) is 1.25. The van der Waals surface area contributed by atoms with Crippen molar-refractivity contribution < 1.29 is 53.7 Å². The molecule has 1 fully saturated rings. The van der Waals surface area contributed by atoms with Crippen LogP contribution in [-0.2, 0) is 19.1 Å². The molecule has 6 atom stereocenters. The summed E-state index contributed by atoms with van der Waals surface area (Å²) >= 11 is 0. The minimum absolute atomic E-state index is 0.0494. The van der Waals surface area contributed by atoms with Gasteiger partial charge < -0.3 is 44.2 Å². The Kier molecular flexibility index (Phi) is 7.94. The SMILES string of the molecule is CN[C@H](C(=O)O)C(=O)OC[C@H]1O[C@H](Oc2ccc3c(=O)c(-c4ccc(O)cc4)coc3c2)[C@@H](O)[C@H](O)[C@H]1O. The lowest BCUT2D eigenvalue weighted by Gasteiger charge is -2.39. The van der Waals surface area contributed by atoms with Gasteiger partial charge in [-0.05, 0) is 36.9 Å². The highest BCUT2D eigenvalue weighted by Crippen LogP contribution is 2.28. The molecular formula is C25H25NO12. The van der Waals surface area contributed by atoms with Crippen molar-refractivity contribution in [3.05, 3.63) is 59.0 Å². The molecule has 4 rings (SSSR count). The van der Waals surface area contributed by atoms with Crippen molar-refractivity contribution in [3.63, 3.8) is 0 Å². The van der Waals surface area contributed by atoms with E-state index in [0.29, 0.717) is 5.56 Å². The van der Waals surface area contributed by atoms with Gasteiger partial charge in [0.05, 0.1) is 10.9 Å². The number of likely N-dealkylation sites (N-methyl/N-ethyl adjacent to an activating group) is 1. The molecule has 0 bridgehead atoms. The van der Waals surface area contributed by atoms with Crippen LogP contribution in [0.5, 0.6) is 11.5 Å². The van der Waals surface area contributed by atoms with Gasteiger partial charge in [0.2, 0.25) is 12.3 Å². The van der Waals surface area contributed by atoms with Crippen LogP contribution in [0.3, 0.4) is 0 Å². The number of phenols is 1. The zero-order valence-electron chi connectivity index (χ0n) is 19.9. The van der Waals surface area contributed by atoms with E-state index in [9.17, 15) is 34.8 Å². The number of phenolic OH excluding ortho intramolecular Hbond substituents is 1. The lowest BCUT2D eigenvalue weighted by Crippen LogP contribution is -2.60. The largest absolute Gasteiger partial charge is 0.508 e. The molecule has 6 N–H and O–H groups in total. The van der Waals surface area contributed by atoms with Crippen molar-refractivity contribution in [2.24, 2.45) is 0 Å². The smallest absolute Gasteiger partial charge is 0.334 e. The van der Waals surface area contributed by atoms with Gasteiger partial charge in [0.1, 0.15) is 54.4 Å². The van der Waals surface area contributed by atoms with Gasteiger partial charge in [0, 0.05) is 6.07 Å². The minimum Gasteiger partial charge on any atom is -0.508 e. The van der Waals surface area contributed by atoms with E-state index < -0.39 is 55.3 Å². The molecule has 0 saturated carbocycles. The van der Waals surface area contributed by atoms with Crippen molar-refractivity contribution >= 4 is 22.9 Å². The Balaban J connectivity index is 1.50. The van der Waals surface area contributed by atoms with Crippen molar-refractivity contribution in [2.75, 3.05) is 13.7 Å². The highest BCUT2D eigenvalue weighted by molar-refractivity contribution is 5.98. The van der Waals surface area contributed by atoms with Crippen LogP contribution in [-0.4, -0.2) is 87.9 Å². The number of nitrogens with one attached hydrogen (secondary N) is 1. The third-order valence-corrected chi connectivity index (χ3v) is 6.01. The maximum atomic E-state index is 13.0. The summed E-state index contributed by atoms with van der Waals surface area (Å²) < 4.78 is 21.6. The number of aliphatic carboxylic acids is 1. The number of carbonyl (C=O) groups is 2. The molecule has 0 unspecified atom stereocenters. The Bertz CT molecular complexity index is 1370. The number of carbonyl (C=O) groups excluding carboxylic acids is 1. The van der Waals surface area contributed by atoms with Gasteiger partial charge in [-0.2, -0.15) is 0 Å². The molecule has 0 amide bonds. The Hall–Kier alpha value is -4.01. The van der Waals surface area contributed by atoms with E-state index in [1.165, 1.54) is 43.6 Å². The number of esters is 1. The first kappa shape index (κ1) is 27.0. The van der Waals surface area contributed by atoms with Crippen molar-refractivity contribution in [1.82, 2.24) is 5.32 Å². The number of benzene rings is 2. The molecule has 0 aliphatic carbocycles. The van der Waals surface area contributed by atoms with Gasteiger partial charge in [0.25, 0.3) is 0 Å². The third-order valence-electron chi connectivity index (χ3n) is 6.01. The van der Waals surface area contributed by atoms with E-state index >= 15 is 0 Å². The summed E-state index contributed by atoms with van der Waals surface area (Å²) in [6.07, 6.45) is -6.77. The van der Waals surface area contributed by atoms with E-state index in [1.807, 2.05) is 0 Å². The first-order valence-electron chi connectivity index (χ1n) is 11.4. The molecule has 2 heterocycles. The Morgan fingerprint density at radius 1 is 1.05 bits per heavy atom. The maximum Gasteiger partial charge on any atom is 0.334 e. The number of aromatic hydroxyl groups is 1. The molecule has 0 radical (unpaired) electrons. The van der Waals surface area contributed by atoms with E-state index in [2.05, 4.69) is 5.32 Å². The molecule has 13 nitrogen and oxygen atoms in total. The van der Waals surface area contributed by atoms with Gasteiger partial charge in [-0.1, -0.05) is 12.1 Å². The quantitative estimate of drug-likeness (QED) is 0.161. The Morgan fingerprint density at radius 2 is 1.76 bits per heavy atom. The average molecular weight is 531 g/mol. The van der Waals surface area contributed by atoms with E-state index in [1.54, 1.807) is 12.1 Å². The topological polar surface area (TPSA) is 205 Å². The van der Waals surface area contributed by atoms with Gasteiger partial charge in [0.15, 0.2) is 5.43 Å². The van der Waals surface area contributed by atoms with Crippen molar-refractivity contribution in [1.29, 1.82) is 0 Å². The number of hydrogen-bond donors (Lipinski definition) is 6. The number of rotatable bonds is 8. The molecule has 2 aromatic carbocycles. The van der Waals surface area contributed by atoms with Gasteiger partial charge in [-0.3, -0.25) is 10.1 Å². The highest BCUT2D eigenvalue weighted by atomic mass is 16.7. The Labute approximate surface area is 214 Å². The molecule has 3 aromatic rings.